The first kappa shape index (κ1) is 14.2. The van der Waals surface area contributed by atoms with E-state index in [1.54, 1.807) is 12.1 Å². The smallest absolute Gasteiger partial charge is 0.255 e. The fraction of sp³-hybridized carbons (Fsp3) is 0. The van der Waals surface area contributed by atoms with Crippen molar-refractivity contribution < 1.29 is 13.6 Å². The zero-order valence-electron chi connectivity index (χ0n) is 9.38. The topological polar surface area (TPSA) is 29.1 Å². The quantitative estimate of drug-likeness (QED) is 0.749. The van der Waals surface area contributed by atoms with Gasteiger partial charge in [-0.2, -0.15) is 0 Å². The third-order valence-corrected chi connectivity index (χ3v) is 3.87. The molecule has 0 saturated carbocycles. The van der Waals surface area contributed by atoms with Crippen molar-refractivity contribution in [2.75, 3.05) is 5.32 Å². The number of hydrogen-bond acceptors (Lipinski definition) is 1. The number of benzene rings is 2. The number of anilines is 1. The summed E-state index contributed by atoms with van der Waals surface area (Å²) in [5, 5.41) is 2.85. The maximum absolute atomic E-state index is 13.0. The van der Waals surface area contributed by atoms with Gasteiger partial charge in [0.2, 0.25) is 0 Å². The Morgan fingerprint density at radius 1 is 1.11 bits per heavy atom. The van der Waals surface area contributed by atoms with Crippen LogP contribution in [0.3, 0.4) is 0 Å². The molecule has 0 radical (unpaired) electrons. The van der Waals surface area contributed by atoms with Crippen molar-refractivity contribution in [2.45, 2.75) is 0 Å². The minimum absolute atomic E-state index is 0.0529. The van der Waals surface area contributed by atoms with Crippen molar-refractivity contribution in [1.29, 1.82) is 0 Å². The van der Waals surface area contributed by atoms with Crippen LogP contribution in [-0.4, -0.2) is 5.91 Å². The predicted octanol–water partition coefficient (Wildman–Crippen LogP) is 4.48. The first-order valence-corrected chi connectivity index (χ1v) is 6.64. The molecule has 98 valence electrons. The van der Waals surface area contributed by atoms with Gasteiger partial charge in [0.25, 0.3) is 5.91 Å². The molecule has 2 aromatic rings. The standard InChI is InChI=1S/C13H7ClF2INO/c14-11-3-7(1-2-12(11)17)13(19)18-10-5-8(15)4-9(16)6-10/h1-6H,(H,18,19). The molecule has 2 rings (SSSR count). The van der Waals surface area contributed by atoms with Gasteiger partial charge in [-0.25, -0.2) is 8.78 Å². The van der Waals surface area contributed by atoms with Crippen LogP contribution in [0.25, 0.3) is 0 Å². The number of hydrogen-bond donors (Lipinski definition) is 1. The molecule has 0 aromatic heterocycles. The van der Waals surface area contributed by atoms with Gasteiger partial charge in [0.1, 0.15) is 11.6 Å². The second-order valence-electron chi connectivity index (χ2n) is 3.74. The van der Waals surface area contributed by atoms with Gasteiger partial charge in [-0.15, -0.1) is 0 Å². The number of nitrogens with one attached hydrogen (secondary N) is 1. The molecule has 0 heterocycles. The lowest BCUT2D eigenvalue weighted by Gasteiger charge is -2.06. The van der Waals surface area contributed by atoms with Gasteiger partial charge in [0.05, 0.1) is 5.02 Å². The van der Waals surface area contributed by atoms with E-state index >= 15 is 0 Å². The number of halogens is 4. The minimum Gasteiger partial charge on any atom is -0.322 e. The van der Waals surface area contributed by atoms with Crippen molar-refractivity contribution in [1.82, 2.24) is 0 Å². The van der Waals surface area contributed by atoms with Crippen molar-refractivity contribution in [3.8, 4) is 0 Å². The fourth-order valence-corrected chi connectivity index (χ4v) is 1.98. The summed E-state index contributed by atoms with van der Waals surface area (Å²) in [7, 11) is 0. The summed E-state index contributed by atoms with van der Waals surface area (Å²) >= 11 is 7.94. The van der Waals surface area contributed by atoms with Crippen LogP contribution in [0.15, 0.2) is 36.4 Å². The normalized spacial score (nSPS) is 10.3. The van der Waals surface area contributed by atoms with Gasteiger partial charge in [0.15, 0.2) is 0 Å². The highest BCUT2D eigenvalue weighted by atomic mass is 127. The van der Waals surface area contributed by atoms with E-state index in [1.165, 1.54) is 6.07 Å². The van der Waals surface area contributed by atoms with Gasteiger partial charge in [-0.05, 0) is 52.9 Å². The fourth-order valence-electron chi connectivity index (χ4n) is 1.47. The summed E-state index contributed by atoms with van der Waals surface area (Å²) in [6.07, 6.45) is 0. The molecule has 0 fully saturated rings. The van der Waals surface area contributed by atoms with Crippen LogP contribution in [0, 0.1) is 15.2 Å². The first-order chi connectivity index (χ1) is 8.95. The van der Waals surface area contributed by atoms with Crippen molar-refractivity contribution in [3.05, 3.63) is 62.2 Å². The van der Waals surface area contributed by atoms with Crippen LogP contribution >= 0.6 is 34.2 Å². The average Bonchev–Trinajstić information content (AvgIpc) is 2.31. The second kappa shape index (κ2) is 5.83. The van der Waals surface area contributed by atoms with E-state index in [4.69, 9.17) is 11.6 Å². The molecule has 0 saturated heterocycles. The lowest BCUT2D eigenvalue weighted by atomic mass is 10.2. The van der Waals surface area contributed by atoms with E-state index < -0.39 is 17.5 Å². The van der Waals surface area contributed by atoms with E-state index in [2.05, 4.69) is 5.32 Å². The summed E-state index contributed by atoms with van der Waals surface area (Å²) in [4.78, 5) is 11.9. The van der Waals surface area contributed by atoms with Crippen LogP contribution < -0.4 is 5.32 Å². The number of rotatable bonds is 2. The number of amides is 1. The molecule has 1 N–H and O–H groups in total. The predicted molar refractivity (Wildman–Crippen MR) is 78.5 cm³/mol. The Kier molecular flexibility index (Phi) is 4.36. The Bertz CT molecular complexity index is 628. The van der Waals surface area contributed by atoms with Crippen LogP contribution in [-0.2, 0) is 0 Å². The Labute approximate surface area is 126 Å². The largest absolute Gasteiger partial charge is 0.322 e. The molecule has 2 nitrogen and oxygen atoms in total. The SMILES string of the molecule is O=C(Nc1cc(F)cc(F)c1)c1ccc(I)c(Cl)c1. The minimum atomic E-state index is -0.754. The van der Waals surface area contributed by atoms with E-state index in [1.807, 2.05) is 22.6 Å². The third kappa shape index (κ3) is 3.63. The zero-order valence-corrected chi connectivity index (χ0v) is 12.3. The summed E-state index contributed by atoms with van der Waals surface area (Å²) in [6.45, 7) is 0. The second-order valence-corrected chi connectivity index (χ2v) is 5.31. The molecule has 0 atom stereocenters. The molecule has 19 heavy (non-hydrogen) atoms. The molecule has 0 aliphatic rings. The van der Waals surface area contributed by atoms with Crippen molar-refractivity contribution in [2.24, 2.45) is 0 Å². The summed E-state index contributed by atoms with van der Waals surface area (Å²) in [6, 6.07) is 7.57. The first-order valence-electron chi connectivity index (χ1n) is 5.18. The van der Waals surface area contributed by atoms with E-state index in [9.17, 15) is 13.6 Å². The summed E-state index contributed by atoms with van der Waals surface area (Å²) < 4.78 is 26.8. The van der Waals surface area contributed by atoms with Crippen LogP contribution in [0.1, 0.15) is 10.4 Å². The molecule has 0 aliphatic heterocycles. The monoisotopic (exact) mass is 393 g/mol. The summed E-state index contributed by atoms with van der Waals surface area (Å²) in [5.74, 6) is -1.99. The van der Waals surface area contributed by atoms with Crippen molar-refractivity contribution >= 4 is 45.8 Å². The maximum Gasteiger partial charge on any atom is 0.255 e. The molecule has 0 bridgehead atoms. The Hall–Kier alpha value is -1.21. The average molecular weight is 394 g/mol. The third-order valence-electron chi connectivity index (χ3n) is 2.30. The number of carbonyl (C=O) groups excluding carboxylic acids is 1. The zero-order chi connectivity index (χ0) is 14.0. The molecule has 2 aromatic carbocycles. The van der Waals surface area contributed by atoms with Crippen LogP contribution in [0.2, 0.25) is 5.02 Å². The molecule has 6 heteroatoms. The van der Waals surface area contributed by atoms with Crippen LogP contribution in [0.4, 0.5) is 14.5 Å². The van der Waals surface area contributed by atoms with Gasteiger partial charge >= 0.3 is 0 Å². The number of carbonyl (C=O) groups is 1. The van der Waals surface area contributed by atoms with E-state index in [0.29, 0.717) is 10.6 Å². The molecule has 0 aliphatic carbocycles. The Balaban J connectivity index is 2.22. The van der Waals surface area contributed by atoms with E-state index in [-0.39, 0.29) is 5.69 Å². The Morgan fingerprint density at radius 3 is 2.32 bits per heavy atom. The highest BCUT2D eigenvalue weighted by molar-refractivity contribution is 14.1. The van der Waals surface area contributed by atoms with Crippen LogP contribution in [0.5, 0.6) is 0 Å². The summed E-state index contributed by atoms with van der Waals surface area (Å²) in [5.41, 5.74) is 0.368. The molecular weight excluding hydrogens is 387 g/mol. The van der Waals surface area contributed by atoms with Crippen molar-refractivity contribution in [3.63, 3.8) is 0 Å². The van der Waals surface area contributed by atoms with Gasteiger partial charge in [-0.1, -0.05) is 11.6 Å². The molecule has 1 amide bonds. The highest BCUT2D eigenvalue weighted by Gasteiger charge is 2.09. The Morgan fingerprint density at radius 2 is 1.74 bits per heavy atom. The van der Waals surface area contributed by atoms with Gasteiger partial charge in [-0.3, -0.25) is 4.79 Å². The lowest BCUT2D eigenvalue weighted by Crippen LogP contribution is -2.12. The molecule has 0 spiro atoms. The maximum atomic E-state index is 13.0. The van der Waals surface area contributed by atoms with Gasteiger partial charge < -0.3 is 5.32 Å². The molecule has 0 unspecified atom stereocenters. The van der Waals surface area contributed by atoms with Gasteiger partial charge in [0, 0.05) is 20.9 Å². The van der Waals surface area contributed by atoms with E-state index in [0.717, 1.165) is 21.8 Å². The lowest BCUT2D eigenvalue weighted by molar-refractivity contribution is 0.102. The highest BCUT2D eigenvalue weighted by Crippen LogP contribution is 2.20. The molecular formula is C13H7ClF2INO.